The Morgan fingerprint density at radius 1 is 0.972 bits per heavy atom. The summed E-state index contributed by atoms with van der Waals surface area (Å²) < 4.78 is 6.87. The minimum absolute atomic E-state index is 0.145. The Morgan fingerprint density at radius 2 is 1.69 bits per heavy atom. The zero-order valence-corrected chi connectivity index (χ0v) is 22.9. The summed E-state index contributed by atoms with van der Waals surface area (Å²) in [4.78, 5) is 28.8. The summed E-state index contributed by atoms with van der Waals surface area (Å²) in [5.41, 5.74) is 4.10. The number of carbonyl (C=O) groups is 2. The fourth-order valence-electron chi connectivity index (χ4n) is 3.97. The molecule has 1 unspecified atom stereocenters. The first kappa shape index (κ1) is 27.5. The molecular weight excluding hydrogens is 516 g/mol. The van der Waals surface area contributed by atoms with Crippen LogP contribution in [0.15, 0.2) is 77.3 Å². The van der Waals surface area contributed by atoms with Crippen LogP contribution in [0, 0.1) is 13.8 Å². The van der Waals surface area contributed by atoms with Crippen molar-refractivity contribution in [1.29, 1.82) is 0 Å². The Hall–Kier alpha value is -3.12. The molecule has 1 N–H and O–H groups in total. The van der Waals surface area contributed by atoms with Crippen molar-refractivity contribution in [1.82, 2.24) is 10.2 Å². The van der Waals surface area contributed by atoms with E-state index in [1.807, 2.05) is 86.6 Å². The molecule has 5 nitrogen and oxygen atoms in total. The van der Waals surface area contributed by atoms with Crippen LogP contribution in [0.5, 0.6) is 5.75 Å². The molecule has 3 aromatic carbocycles. The second kappa shape index (κ2) is 13.8. The van der Waals surface area contributed by atoms with Gasteiger partial charge in [-0.15, -0.1) is 0 Å². The van der Waals surface area contributed by atoms with Crippen LogP contribution in [0.2, 0.25) is 0 Å². The Labute approximate surface area is 223 Å². The molecule has 0 heterocycles. The van der Waals surface area contributed by atoms with Crippen molar-refractivity contribution in [2.75, 3.05) is 13.2 Å². The summed E-state index contributed by atoms with van der Waals surface area (Å²) >= 11 is 3.49. The first-order valence-electron chi connectivity index (χ1n) is 12.4. The second-order valence-electron chi connectivity index (χ2n) is 9.00. The lowest BCUT2D eigenvalue weighted by Gasteiger charge is -2.32. The Balaban J connectivity index is 1.89. The van der Waals surface area contributed by atoms with E-state index in [1.54, 1.807) is 4.90 Å². The van der Waals surface area contributed by atoms with E-state index in [0.29, 0.717) is 25.3 Å². The summed E-state index contributed by atoms with van der Waals surface area (Å²) in [7, 11) is 0. The highest BCUT2D eigenvalue weighted by Gasteiger charge is 2.30. The number of benzene rings is 3. The van der Waals surface area contributed by atoms with E-state index in [2.05, 4.69) is 28.2 Å². The normalized spacial score (nSPS) is 11.6. The number of hydrogen-bond donors (Lipinski definition) is 1. The smallest absolute Gasteiger partial charge is 0.261 e. The molecule has 36 heavy (non-hydrogen) atoms. The van der Waals surface area contributed by atoms with Gasteiger partial charge < -0.3 is 15.0 Å². The molecule has 3 aromatic rings. The minimum Gasteiger partial charge on any atom is -0.484 e. The van der Waals surface area contributed by atoms with Crippen LogP contribution >= 0.6 is 15.9 Å². The van der Waals surface area contributed by atoms with Crippen molar-refractivity contribution in [2.45, 2.75) is 52.6 Å². The molecule has 3 rings (SSSR count). The standard InChI is InChI=1S/C30H35BrN2O3/c1-4-5-17-32-30(35)28(19-24-12-7-6-8-13-24)33(20-25-14-10-9-11-22(25)2)29(34)21-36-26-15-16-27(31)23(3)18-26/h6-16,18,28H,4-5,17,19-21H2,1-3H3,(H,32,35). The number of unbranched alkanes of at least 4 members (excludes halogenated alkanes) is 1. The van der Waals surface area contributed by atoms with E-state index in [4.69, 9.17) is 4.74 Å². The third-order valence-corrected chi connectivity index (χ3v) is 7.08. The molecule has 0 spiro atoms. The molecule has 0 saturated carbocycles. The first-order chi connectivity index (χ1) is 17.4. The van der Waals surface area contributed by atoms with E-state index >= 15 is 0 Å². The van der Waals surface area contributed by atoms with Crippen LogP contribution in [-0.2, 0) is 22.6 Å². The summed E-state index contributed by atoms with van der Waals surface area (Å²) in [6.07, 6.45) is 2.30. The van der Waals surface area contributed by atoms with Gasteiger partial charge in [-0.05, 0) is 60.7 Å². The summed E-state index contributed by atoms with van der Waals surface area (Å²) in [6.45, 7) is 6.84. The van der Waals surface area contributed by atoms with Gasteiger partial charge in [0.15, 0.2) is 6.61 Å². The number of amides is 2. The van der Waals surface area contributed by atoms with Crippen molar-refractivity contribution < 1.29 is 14.3 Å². The van der Waals surface area contributed by atoms with Crippen molar-refractivity contribution in [3.05, 3.63) is 99.5 Å². The van der Waals surface area contributed by atoms with Crippen LogP contribution < -0.4 is 10.1 Å². The Bertz CT molecular complexity index is 1150. The maximum atomic E-state index is 13.7. The molecule has 1 atom stereocenters. The lowest BCUT2D eigenvalue weighted by molar-refractivity contribution is -0.142. The highest BCUT2D eigenvalue weighted by molar-refractivity contribution is 9.10. The molecule has 0 radical (unpaired) electrons. The van der Waals surface area contributed by atoms with Gasteiger partial charge in [0.1, 0.15) is 11.8 Å². The zero-order valence-electron chi connectivity index (χ0n) is 21.3. The van der Waals surface area contributed by atoms with Gasteiger partial charge in [-0.25, -0.2) is 0 Å². The fraction of sp³-hybridized carbons (Fsp3) is 0.333. The second-order valence-corrected chi connectivity index (χ2v) is 9.85. The van der Waals surface area contributed by atoms with E-state index in [0.717, 1.165) is 39.6 Å². The highest BCUT2D eigenvalue weighted by atomic mass is 79.9. The van der Waals surface area contributed by atoms with E-state index in [1.165, 1.54) is 0 Å². The van der Waals surface area contributed by atoms with Crippen molar-refractivity contribution in [2.24, 2.45) is 0 Å². The monoisotopic (exact) mass is 550 g/mol. The van der Waals surface area contributed by atoms with E-state index < -0.39 is 6.04 Å². The lowest BCUT2D eigenvalue weighted by Crippen LogP contribution is -2.52. The number of aryl methyl sites for hydroxylation is 2. The Kier molecular flexibility index (Phi) is 10.6. The third-order valence-electron chi connectivity index (χ3n) is 6.19. The van der Waals surface area contributed by atoms with Crippen LogP contribution in [0.4, 0.5) is 0 Å². The molecule has 190 valence electrons. The average molecular weight is 552 g/mol. The Morgan fingerprint density at radius 3 is 2.39 bits per heavy atom. The van der Waals surface area contributed by atoms with Crippen LogP contribution in [0.1, 0.15) is 42.0 Å². The number of nitrogens with zero attached hydrogens (tertiary/aromatic N) is 1. The minimum atomic E-state index is -0.661. The van der Waals surface area contributed by atoms with Gasteiger partial charge in [-0.3, -0.25) is 9.59 Å². The van der Waals surface area contributed by atoms with Crippen molar-refractivity contribution in [3.63, 3.8) is 0 Å². The molecule has 0 aliphatic rings. The van der Waals surface area contributed by atoms with Gasteiger partial charge in [0, 0.05) is 24.0 Å². The van der Waals surface area contributed by atoms with Gasteiger partial charge in [0.05, 0.1) is 0 Å². The molecular formula is C30H35BrN2O3. The predicted octanol–water partition coefficient (Wildman–Crippen LogP) is 6.00. The topological polar surface area (TPSA) is 58.6 Å². The molecule has 2 amide bonds. The zero-order chi connectivity index (χ0) is 25.9. The van der Waals surface area contributed by atoms with Gasteiger partial charge in [0.25, 0.3) is 5.91 Å². The van der Waals surface area contributed by atoms with Crippen molar-refractivity contribution >= 4 is 27.7 Å². The molecule has 0 fully saturated rings. The van der Waals surface area contributed by atoms with Gasteiger partial charge in [-0.1, -0.05) is 83.9 Å². The number of nitrogens with one attached hydrogen (secondary N) is 1. The highest BCUT2D eigenvalue weighted by Crippen LogP contribution is 2.22. The average Bonchev–Trinajstić information content (AvgIpc) is 2.88. The first-order valence-corrected chi connectivity index (χ1v) is 13.2. The number of carbonyl (C=O) groups excluding carboxylic acids is 2. The summed E-state index contributed by atoms with van der Waals surface area (Å²) in [5.74, 6) is 0.242. The van der Waals surface area contributed by atoms with Crippen LogP contribution in [0.3, 0.4) is 0 Å². The lowest BCUT2D eigenvalue weighted by atomic mass is 10.0. The molecule has 0 aromatic heterocycles. The van der Waals surface area contributed by atoms with Gasteiger partial charge in [-0.2, -0.15) is 0 Å². The molecule has 0 aliphatic heterocycles. The molecule has 0 bridgehead atoms. The maximum absolute atomic E-state index is 13.7. The number of halogens is 1. The SMILES string of the molecule is CCCCNC(=O)C(Cc1ccccc1)N(Cc1ccccc1C)C(=O)COc1ccc(Br)c(C)c1. The quantitative estimate of drug-likeness (QED) is 0.281. The van der Waals surface area contributed by atoms with Crippen LogP contribution in [-0.4, -0.2) is 35.9 Å². The maximum Gasteiger partial charge on any atom is 0.261 e. The van der Waals surface area contributed by atoms with E-state index in [-0.39, 0.29) is 18.4 Å². The van der Waals surface area contributed by atoms with E-state index in [9.17, 15) is 9.59 Å². The largest absolute Gasteiger partial charge is 0.484 e. The number of ether oxygens (including phenoxy) is 1. The predicted molar refractivity (Wildman–Crippen MR) is 148 cm³/mol. The third kappa shape index (κ3) is 7.95. The molecule has 0 saturated heterocycles. The molecule has 6 heteroatoms. The number of rotatable bonds is 12. The molecule has 0 aliphatic carbocycles. The van der Waals surface area contributed by atoms with Gasteiger partial charge in [0.2, 0.25) is 5.91 Å². The number of hydrogen-bond acceptors (Lipinski definition) is 3. The fourth-order valence-corrected chi connectivity index (χ4v) is 4.21. The van der Waals surface area contributed by atoms with Crippen molar-refractivity contribution in [3.8, 4) is 5.75 Å². The van der Waals surface area contributed by atoms with Crippen LogP contribution in [0.25, 0.3) is 0 Å². The van der Waals surface area contributed by atoms with Gasteiger partial charge >= 0.3 is 0 Å². The summed E-state index contributed by atoms with van der Waals surface area (Å²) in [6, 6.07) is 22.8. The summed E-state index contributed by atoms with van der Waals surface area (Å²) in [5, 5.41) is 3.05.